The number of carbonyl (C=O) groups excluding carboxylic acids is 1. The summed E-state index contributed by atoms with van der Waals surface area (Å²) in [6, 6.07) is 0. The zero-order valence-electron chi connectivity index (χ0n) is 6.85. The Hall–Kier alpha value is -0.790. The smallest absolute Gasteiger partial charge is 0.243 e. The zero-order valence-corrected chi connectivity index (χ0v) is 6.85. The molecule has 1 N–H and O–H groups in total. The van der Waals surface area contributed by atoms with Crippen molar-refractivity contribution in [3.8, 4) is 0 Å². The van der Waals surface area contributed by atoms with Crippen LogP contribution in [0, 0.1) is 5.92 Å². The lowest BCUT2D eigenvalue weighted by Crippen LogP contribution is -2.13. The fourth-order valence-corrected chi connectivity index (χ4v) is 0.531. The predicted molar refractivity (Wildman–Crippen MR) is 42.7 cm³/mol. The molecule has 0 saturated heterocycles. The molecule has 10 heavy (non-hydrogen) atoms. The van der Waals surface area contributed by atoms with Crippen LogP contribution in [0.3, 0.4) is 0 Å². The predicted octanol–water partition coefficient (Wildman–Crippen LogP) is 1.33. The summed E-state index contributed by atoms with van der Waals surface area (Å²) in [6.07, 6.45) is 4.43. The van der Waals surface area contributed by atoms with Gasteiger partial charge in [0.05, 0.1) is 0 Å². The number of hydrogen-bond acceptors (Lipinski definition) is 1. The van der Waals surface area contributed by atoms with Gasteiger partial charge in [0.15, 0.2) is 0 Å². The summed E-state index contributed by atoms with van der Waals surface area (Å²) in [5, 5.41) is 2.51. The Balaban J connectivity index is 3.46. The number of allylic oxidation sites excluding steroid dienone is 1. The molecule has 0 aliphatic rings. The van der Waals surface area contributed by atoms with Crippen LogP contribution < -0.4 is 5.32 Å². The average Bonchev–Trinajstić information content (AvgIpc) is 1.87. The highest BCUT2D eigenvalue weighted by Crippen LogP contribution is 1.98. The van der Waals surface area contributed by atoms with Gasteiger partial charge in [0, 0.05) is 7.05 Å². The first-order valence-electron chi connectivity index (χ1n) is 3.55. The average molecular weight is 141 g/mol. The van der Waals surface area contributed by atoms with E-state index < -0.39 is 0 Å². The van der Waals surface area contributed by atoms with Crippen molar-refractivity contribution in [2.24, 2.45) is 5.92 Å². The standard InChI is InChI=1S/C8H15NO/c1-7(2)5-4-6-8(10)9-3/h4,6-7H,5H2,1-3H3,(H,9,10)/b6-4+. The van der Waals surface area contributed by atoms with Crippen molar-refractivity contribution < 1.29 is 4.79 Å². The SMILES string of the molecule is CNC(=O)/C=C/CC(C)C. The van der Waals surface area contributed by atoms with Gasteiger partial charge in [-0.3, -0.25) is 4.79 Å². The number of rotatable bonds is 3. The zero-order chi connectivity index (χ0) is 7.98. The number of amides is 1. The molecule has 2 heteroatoms. The van der Waals surface area contributed by atoms with Gasteiger partial charge in [0.25, 0.3) is 0 Å². The van der Waals surface area contributed by atoms with Gasteiger partial charge in [0.1, 0.15) is 0 Å². The molecule has 0 atom stereocenters. The van der Waals surface area contributed by atoms with E-state index in [1.165, 1.54) is 0 Å². The molecule has 0 aliphatic heterocycles. The minimum atomic E-state index is -0.0272. The van der Waals surface area contributed by atoms with E-state index in [1.807, 2.05) is 6.08 Å². The number of nitrogens with one attached hydrogen (secondary N) is 1. The Bertz CT molecular complexity index is 127. The van der Waals surface area contributed by atoms with Gasteiger partial charge in [-0.15, -0.1) is 0 Å². The molecule has 0 aromatic carbocycles. The fraction of sp³-hybridized carbons (Fsp3) is 0.625. The van der Waals surface area contributed by atoms with Crippen LogP contribution in [0.2, 0.25) is 0 Å². The highest BCUT2D eigenvalue weighted by molar-refractivity contribution is 5.87. The maximum atomic E-state index is 10.6. The van der Waals surface area contributed by atoms with E-state index in [-0.39, 0.29) is 5.91 Å². The summed E-state index contributed by atoms with van der Waals surface area (Å²) in [5.74, 6) is 0.599. The lowest BCUT2D eigenvalue weighted by Gasteiger charge is -1.95. The van der Waals surface area contributed by atoms with Crippen LogP contribution in [0.1, 0.15) is 20.3 Å². The molecule has 0 aromatic rings. The van der Waals surface area contributed by atoms with Gasteiger partial charge in [0.2, 0.25) is 5.91 Å². The third-order valence-electron chi connectivity index (χ3n) is 1.12. The van der Waals surface area contributed by atoms with E-state index in [0.717, 1.165) is 6.42 Å². The van der Waals surface area contributed by atoms with Crippen LogP contribution in [-0.4, -0.2) is 13.0 Å². The molecule has 0 radical (unpaired) electrons. The Morgan fingerprint density at radius 2 is 2.20 bits per heavy atom. The van der Waals surface area contributed by atoms with E-state index in [0.29, 0.717) is 5.92 Å². The number of carbonyl (C=O) groups is 1. The first-order valence-corrected chi connectivity index (χ1v) is 3.55. The van der Waals surface area contributed by atoms with Gasteiger partial charge in [-0.2, -0.15) is 0 Å². The van der Waals surface area contributed by atoms with Crippen molar-refractivity contribution in [1.29, 1.82) is 0 Å². The van der Waals surface area contributed by atoms with Gasteiger partial charge in [-0.1, -0.05) is 19.9 Å². The molecule has 0 spiro atoms. The van der Waals surface area contributed by atoms with Gasteiger partial charge >= 0.3 is 0 Å². The van der Waals surface area contributed by atoms with Crippen LogP contribution in [0.25, 0.3) is 0 Å². The minimum absolute atomic E-state index is 0.0272. The third-order valence-corrected chi connectivity index (χ3v) is 1.12. The molecule has 0 aromatic heterocycles. The second-order valence-electron chi connectivity index (χ2n) is 2.65. The van der Waals surface area contributed by atoms with E-state index in [9.17, 15) is 4.79 Å². The second kappa shape index (κ2) is 5.03. The quantitative estimate of drug-likeness (QED) is 0.590. The van der Waals surface area contributed by atoms with E-state index in [1.54, 1.807) is 13.1 Å². The number of likely N-dealkylation sites (N-methyl/N-ethyl adjacent to an activating group) is 1. The molecule has 0 saturated carbocycles. The lowest BCUT2D eigenvalue weighted by atomic mass is 10.1. The Morgan fingerprint density at radius 3 is 2.60 bits per heavy atom. The molecule has 0 fully saturated rings. The molecule has 58 valence electrons. The largest absolute Gasteiger partial charge is 0.356 e. The summed E-state index contributed by atoms with van der Waals surface area (Å²) in [7, 11) is 1.63. The lowest BCUT2D eigenvalue weighted by molar-refractivity contribution is -0.116. The fourth-order valence-electron chi connectivity index (χ4n) is 0.531. The van der Waals surface area contributed by atoms with Gasteiger partial charge < -0.3 is 5.32 Å². The molecule has 1 amide bonds. The molecule has 0 rings (SSSR count). The first-order chi connectivity index (χ1) is 4.66. The summed E-state index contributed by atoms with van der Waals surface area (Å²) in [5.41, 5.74) is 0. The molecule has 0 bridgehead atoms. The molecular weight excluding hydrogens is 126 g/mol. The Labute approximate surface area is 62.3 Å². The molecule has 0 heterocycles. The van der Waals surface area contributed by atoms with Crippen molar-refractivity contribution >= 4 is 5.91 Å². The van der Waals surface area contributed by atoms with Crippen LogP contribution >= 0.6 is 0 Å². The van der Waals surface area contributed by atoms with Crippen molar-refractivity contribution in [3.05, 3.63) is 12.2 Å². The normalized spacial score (nSPS) is 10.8. The summed E-state index contributed by atoms with van der Waals surface area (Å²) in [4.78, 5) is 10.6. The summed E-state index contributed by atoms with van der Waals surface area (Å²) >= 11 is 0. The monoisotopic (exact) mass is 141 g/mol. The third kappa shape index (κ3) is 5.35. The van der Waals surface area contributed by atoms with Gasteiger partial charge in [-0.25, -0.2) is 0 Å². The molecule has 0 aliphatic carbocycles. The second-order valence-corrected chi connectivity index (χ2v) is 2.65. The van der Waals surface area contributed by atoms with Crippen molar-refractivity contribution in [2.45, 2.75) is 20.3 Å². The first kappa shape index (κ1) is 9.21. The Kier molecular flexibility index (Phi) is 4.63. The van der Waals surface area contributed by atoms with Gasteiger partial charge in [-0.05, 0) is 18.4 Å². The van der Waals surface area contributed by atoms with Crippen LogP contribution in [0.15, 0.2) is 12.2 Å². The summed E-state index contributed by atoms with van der Waals surface area (Å²) < 4.78 is 0. The maximum absolute atomic E-state index is 10.6. The van der Waals surface area contributed by atoms with Crippen molar-refractivity contribution in [2.75, 3.05) is 7.05 Å². The Morgan fingerprint density at radius 1 is 1.60 bits per heavy atom. The molecular formula is C8H15NO. The number of hydrogen-bond donors (Lipinski definition) is 1. The van der Waals surface area contributed by atoms with E-state index in [4.69, 9.17) is 0 Å². The molecule has 0 unspecified atom stereocenters. The van der Waals surface area contributed by atoms with Crippen molar-refractivity contribution in [3.63, 3.8) is 0 Å². The van der Waals surface area contributed by atoms with E-state index >= 15 is 0 Å². The van der Waals surface area contributed by atoms with Crippen LogP contribution in [0.5, 0.6) is 0 Å². The van der Waals surface area contributed by atoms with Crippen LogP contribution in [-0.2, 0) is 4.79 Å². The summed E-state index contributed by atoms with van der Waals surface area (Å²) in [6.45, 7) is 4.24. The molecule has 2 nitrogen and oxygen atoms in total. The van der Waals surface area contributed by atoms with Crippen LogP contribution in [0.4, 0.5) is 0 Å². The topological polar surface area (TPSA) is 29.1 Å². The van der Waals surface area contributed by atoms with E-state index in [2.05, 4.69) is 19.2 Å². The highest BCUT2D eigenvalue weighted by atomic mass is 16.1. The highest BCUT2D eigenvalue weighted by Gasteiger charge is 1.89. The minimum Gasteiger partial charge on any atom is -0.356 e. The maximum Gasteiger partial charge on any atom is 0.243 e. The van der Waals surface area contributed by atoms with Crippen molar-refractivity contribution in [1.82, 2.24) is 5.32 Å².